The third-order valence-electron chi connectivity index (χ3n) is 3.75. The molecule has 2 amide bonds. The average Bonchev–Trinajstić information content (AvgIpc) is 2.49. The maximum atomic E-state index is 11.6. The van der Waals surface area contributed by atoms with Crippen molar-refractivity contribution in [2.75, 3.05) is 26.3 Å². The largest absolute Gasteiger partial charge is 0.380 e. The maximum absolute atomic E-state index is 11.6. The first-order valence-corrected chi connectivity index (χ1v) is 9.53. The Kier molecular flexibility index (Phi) is 14.7. The van der Waals surface area contributed by atoms with Crippen molar-refractivity contribution in [2.24, 2.45) is 11.8 Å². The lowest BCUT2D eigenvalue weighted by Crippen LogP contribution is -2.28. The van der Waals surface area contributed by atoms with Crippen LogP contribution in [0.2, 0.25) is 0 Å². The Balaban J connectivity index is 3.39. The Morgan fingerprint density at radius 1 is 0.750 bits per heavy atom. The molecule has 24 heavy (non-hydrogen) atoms. The molecule has 0 aromatic rings. The zero-order valence-corrected chi connectivity index (χ0v) is 16.2. The van der Waals surface area contributed by atoms with Crippen LogP contribution in [0.5, 0.6) is 0 Å². The van der Waals surface area contributed by atoms with Gasteiger partial charge in [-0.05, 0) is 31.1 Å². The van der Waals surface area contributed by atoms with Crippen LogP contribution >= 0.6 is 0 Å². The molecule has 0 atom stereocenters. The van der Waals surface area contributed by atoms with Crippen molar-refractivity contribution in [1.82, 2.24) is 10.6 Å². The van der Waals surface area contributed by atoms with Crippen LogP contribution in [0.1, 0.15) is 72.6 Å². The molecule has 0 unspecified atom stereocenters. The highest BCUT2D eigenvalue weighted by atomic mass is 16.5. The number of hydrogen-bond donors (Lipinski definition) is 2. The average molecular weight is 343 g/mol. The number of hydrogen-bond acceptors (Lipinski definition) is 3. The smallest absolute Gasteiger partial charge is 0.220 e. The van der Waals surface area contributed by atoms with E-state index in [1.54, 1.807) is 0 Å². The Bertz CT molecular complexity index is 331. The monoisotopic (exact) mass is 342 g/mol. The number of ether oxygens (including phenoxy) is 1. The van der Waals surface area contributed by atoms with Crippen LogP contribution in [0.3, 0.4) is 0 Å². The van der Waals surface area contributed by atoms with Gasteiger partial charge in [0.1, 0.15) is 0 Å². The molecule has 0 saturated carbocycles. The molecule has 5 nitrogen and oxygen atoms in total. The molecule has 0 aromatic heterocycles. The van der Waals surface area contributed by atoms with Crippen molar-refractivity contribution in [1.29, 1.82) is 0 Å². The molecule has 0 rings (SSSR count). The molecule has 0 aliphatic carbocycles. The van der Waals surface area contributed by atoms with Crippen LogP contribution in [0.25, 0.3) is 0 Å². The lowest BCUT2D eigenvalue weighted by molar-refractivity contribution is -0.122. The fraction of sp³-hybridized carbons (Fsp3) is 0.895. The first-order chi connectivity index (χ1) is 11.4. The summed E-state index contributed by atoms with van der Waals surface area (Å²) in [4.78, 5) is 23.3. The zero-order chi connectivity index (χ0) is 18.2. The lowest BCUT2D eigenvalue weighted by atomic mass is 10.1. The summed E-state index contributed by atoms with van der Waals surface area (Å²) in [6.45, 7) is 11.3. The van der Waals surface area contributed by atoms with Crippen LogP contribution < -0.4 is 10.6 Å². The van der Waals surface area contributed by atoms with Gasteiger partial charge < -0.3 is 15.4 Å². The first kappa shape index (κ1) is 22.9. The van der Waals surface area contributed by atoms with Crippen molar-refractivity contribution in [3.05, 3.63) is 0 Å². The van der Waals surface area contributed by atoms with Gasteiger partial charge in [0.15, 0.2) is 0 Å². The fourth-order valence-corrected chi connectivity index (χ4v) is 2.18. The summed E-state index contributed by atoms with van der Waals surface area (Å²) in [5, 5.41) is 5.73. The summed E-state index contributed by atoms with van der Waals surface area (Å²) < 4.78 is 5.44. The summed E-state index contributed by atoms with van der Waals surface area (Å²) in [7, 11) is 0. The summed E-state index contributed by atoms with van der Waals surface area (Å²) in [5.74, 6) is 1.40. The summed E-state index contributed by atoms with van der Waals surface area (Å²) in [6, 6.07) is 0. The van der Waals surface area contributed by atoms with Crippen LogP contribution in [0.15, 0.2) is 0 Å². The van der Waals surface area contributed by atoms with Crippen LogP contribution in [0, 0.1) is 11.8 Å². The molecule has 0 aliphatic rings. The van der Waals surface area contributed by atoms with E-state index in [2.05, 4.69) is 38.3 Å². The predicted octanol–water partition coefficient (Wildman–Crippen LogP) is 3.28. The van der Waals surface area contributed by atoms with E-state index in [0.29, 0.717) is 38.3 Å². The van der Waals surface area contributed by atoms with Gasteiger partial charge in [0.05, 0.1) is 6.61 Å². The Morgan fingerprint density at radius 3 is 1.92 bits per heavy atom. The SMILES string of the molecule is CC(C)CCCCNC(=O)CCCC(=O)NCCOCCC(C)C. The number of rotatable bonds is 15. The van der Waals surface area contributed by atoms with E-state index in [-0.39, 0.29) is 11.8 Å². The van der Waals surface area contributed by atoms with Gasteiger partial charge in [0.2, 0.25) is 11.8 Å². The van der Waals surface area contributed by atoms with Crippen molar-refractivity contribution in [2.45, 2.75) is 72.6 Å². The molecule has 0 bridgehead atoms. The lowest BCUT2D eigenvalue weighted by Gasteiger charge is -2.08. The van der Waals surface area contributed by atoms with E-state index in [9.17, 15) is 9.59 Å². The Labute approximate surface area is 148 Å². The molecular weight excluding hydrogens is 304 g/mol. The third-order valence-corrected chi connectivity index (χ3v) is 3.75. The zero-order valence-electron chi connectivity index (χ0n) is 16.2. The van der Waals surface area contributed by atoms with Gasteiger partial charge in [-0.25, -0.2) is 0 Å². The summed E-state index contributed by atoms with van der Waals surface area (Å²) >= 11 is 0. The summed E-state index contributed by atoms with van der Waals surface area (Å²) in [5.41, 5.74) is 0. The van der Waals surface area contributed by atoms with Crippen molar-refractivity contribution >= 4 is 11.8 Å². The molecule has 0 aliphatic heterocycles. The van der Waals surface area contributed by atoms with Crippen LogP contribution in [-0.4, -0.2) is 38.1 Å². The Morgan fingerprint density at radius 2 is 1.33 bits per heavy atom. The van der Waals surface area contributed by atoms with E-state index in [1.165, 1.54) is 6.42 Å². The number of carbonyl (C=O) groups excluding carboxylic acids is 2. The van der Waals surface area contributed by atoms with Crippen molar-refractivity contribution < 1.29 is 14.3 Å². The quantitative estimate of drug-likeness (QED) is 0.449. The minimum atomic E-state index is -0.00723. The Hall–Kier alpha value is -1.10. The van der Waals surface area contributed by atoms with E-state index < -0.39 is 0 Å². The summed E-state index contributed by atoms with van der Waals surface area (Å²) in [6.07, 6.45) is 5.84. The number of amides is 2. The fourth-order valence-electron chi connectivity index (χ4n) is 2.18. The van der Waals surface area contributed by atoms with E-state index in [0.717, 1.165) is 38.3 Å². The molecular formula is C19H38N2O3. The van der Waals surface area contributed by atoms with Crippen LogP contribution in [-0.2, 0) is 14.3 Å². The minimum Gasteiger partial charge on any atom is -0.380 e. The van der Waals surface area contributed by atoms with Gasteiger partial charge in [-0.3, -0.25) is 9.59 Å². The number of nitrogens with one attached hydrogen (secondary N) is 2. The van der Waals surface area contributed by atoms with Crippen molar-refractivity contribution in [3.63, 3.8) is 0 Å². The van der Waals surface area contributed by atoms with Gasteiger partial charge in [0.25, 0.3) is 0 Å². The number of unbranched alkanes of at least 4 members (excludes halogenated alkanes) is 1. The second kappa shape index (κ2) is 15.4. The molecule has 2 N–H and O–H groups in total. The minimum absolute atomic E-state index is 0.00723. The highest BCUT2D eigenvalue weighted by molar-refractivity contribution is 5.78. The van der Waals surface area contributed by atoms with Gasteiger partial charge in [-0.1, -0.05) is 40.5 Å². The van der Waals surface area contributed by atoms with Gasteiger partial charge >= 0.3 is 0 Å². The van der Waals surface area contributed by atoms with E-state index in [4.69, 9.17) is 4.74 Å². The second-order valence-electron chi connectivity index (χ2n) is 7.24. The van der Waals surface area contributed by atoms with Gasteiger partial charge in [-0.15, -0.1) is 0 Å². The first-order valence-electron chi connectivity index (χ1n) is 9.53. The maximum Gasteiger partial charge on any atom is 0.220 e. The standard InChI is InChI=1S/C19H38N2O3/c1-16(2)8-5-6-12-20-18(22)9-7-10-19(23)21-13-15-24-14-11-17(3)4/h16-17H,5-15H2,1-4H3,(H,20,22)(H,21,23). The number of carbonyl (C=O) groups is 2. The molecule has 0 fully saturated rings. The predicted molar refractivity (Wildman–Crippen MR) is 98.8 cm³/mol. The molecule has 0 heterocycles. The topological polar surface area (TPSA) is 67.4 Å². The van der Waals surface area contributed by atoms with Gasteiger partial charge in [-0.2, -0.15) is 0 Å². The van der Waals surface area contributed by atoms with E-state index >= 15 is 0 Å². The highest BCUT2D eigenvalue weighted by Crippen LogP contribution is 2.05. The molecule has 5 heteroatoms. The normalized spacial score (nSPS) is 11.1. The highest BCUT2D eigenvalue weighted by Gasteiger charge is 2.05. The van der Waals surface area contributed by atoms with Crippen LogP contribution in [0.4, 0.5) is 0 Å². The molecule has 0 aromatic carbocycles. The molecule has 142 valence electrons. The van der Waals surface area contributed by atoms with E-state index in [1.807, 2.05) is 0 Å². The molecule has 0 saturated heterocycles. The van der Waals surface area contributed by atoms with Crippen molar-refractivity contribution in [3.8, 4) is 0 Å². The third kappa shape index (κ3) is 17.3. The molecule has 0 radical (unpaired) electrons. The molecule has 0 spiro atoms. The van der Waals surface area contributed by atoms with Gasteiger partial charge in [0, 0.05) is 32.5 Å². The second-order valence-corrected chi connectivity index (χ2v) is 7.24.